The molecule has 3 rings (SSSR count). The molecule has 252 valence electrons. The van der Waals surface area contributed by atoms with Gasteiger partial charge in [0, 0.05) is 4.47 Å². The van der Waals surface area contributed by atoms with E-state index in [4.69, 9.17) is 9.15 Å². The summed E-state index contributed by atoms with van der Waals surface area (Å²) in [4.78, 5) is -0.178. The van der Waals surface area contributed by atoms with Gasteiger partial charge in [0.05, 0.1) is 41.1 Å². The monoisotopic (exact) mass is 897 g/mol. The third-order valence-electron chi connectivity index (χ3n) is 7.39. The third kappa shape index (κ3) is 17.9. The van der Waals surface area contributed by atoms with Gasteiger partial charge in [0.25, 0.3) is 0 Å². The highest BCUT2D eigenvalue weighted by molar-refractivity contribution is 9.11. The highest BCUT2D eigenvalue weighted by Gasteiger charge is 2.17. The van der Waals surface area contributed by atoms with E-state index in [2.05, 4.69) is 83.9 Å². The smallest absolute Gasteiger partial charge is 0.169 e. The maximum atomic E-state index is 10.4. The van der Waals surface area contributed by atoms with Gasteiger partial charge in [0.15, 0.2) is 10.4 Å². The maximum Gasteiger partial charge on any atom is 0.169 e. The van der Waals surface area contributed by atoms with E-state index in [-0.39, 0.29) is 4.90 Å². The Morgan fingerprint density at radius 1 is 0.733 bits per heavy atom. The number of hydrogen-bond acceptors (Lipinski definition) is 5. The van der Waals surface area contributed by atoms with Gasteiger partial charge in [-0.2, -0.15) is 0 Å². The molecular formula is C34H47Br4NO5S. The quantitative estimate of drug-likeness (QED) is 0.0680. The first kappa shape index (κ1) is 40.5. The van der Waals surface area contributed by atoms with E-state index in [9.17, 15) is 13.0 Å². The van der Waals surface area contributed by atoms with Crippen LogP contribution in [0.5, 0.6) is 5.75 Å². The summed E-state index contributed by atoms with van der Waals surface area (Å²) in [6.45, 7) is 4.76. The first-order chi connectivity index (χ1) is 21.3. The number of nitrogens with zero attached hydrogens (tertiary/aromatic N) is 1. The molecule has 0 atom stereocenters. The number of quaternary nitrogens is 1. The van der Waals surface area contributed by atoms with Crippen LogP contribution in [-0.2, 0) is 16.7 Å². The van der Waals surface area contributed by atoms with Crippen molar-refractivity contribution in [1.82, 2.24) is 0 Å². The number of unbranched alkanes of at least 4 members (excludes halogenated alkanes) is 11. The fourth-order valence-corrected chi connectivity index (χ4v) is 8.19. The van der Waals surface area contributed by atoms with E-state index >= 15 is 0 Å². The number of ether oxygens (including phenoxy) is 1. The van der Waals surface area contributed by atoms with E-state index < -0.39 is 10.1 Å². The number of aryl methyl sites for hydroxylation is 1. The molecule has 3 aromatic rings. The topological polar surface area (TPSA) is 79.6 Å². The molecule has 0 unspecified atom stereocenters. The van der Waals surface area contributed by atoms with Gasteiger partial charge in [0.2, 0.25) is 0 Å². The Morgan fingerprint density at radius 3 is 1.69 bits per heavy atom. The lowest BCUT2D eigenvalue weighted by Crippen LogP contribution is -2.39. The van der Waals surface area contributed by atoms with Crippen LogP contribution >= 0.6 is 63.7 Å². The standard InChI is InChI=1S/C27H40Br4NO2.C7H8O3S/c1-32(2,21-23-15-16-26(31)34-23)17-13-11-9-7-5-3-4-6-8-10-12-14-18-33-27-24(29)19-22(28)20-25(27)30;1-6-2-4-7(5-3-6)11(8,9)10/h15-16,19-20H,3-14,17-18,21H2,1-2H3;2-5H,1H3,(H,8,9,10)/q+1;/p-1. The van der Waals surface area contributed by atoms with E-state index in [0.717, 1.165) is 59.2 Å². The third-order valence-corrected chi connectivity index (χ3v) is 10.3. The Hall–Kier alpha value is -0.690. The summed E-state index contributed by atoms with van der Waals surface area (Å²) in [6, 6.07) is 13.9. The highest BCUT2D eigenvalue weighted by Crippen LogP contribution is 2.36. The second-order valence-corrected chi connectivity index (χ2v) is 16.9. The molecule has 0 bridgehead atoms. The molecule has 0 aliphatic rings. The molecule has 0 amide bonds. The first-order valence-corrected chi connectivity index (χ1v) is 20.2. The van der Waals surface area contributed by atoms with Crippen molar-refractivity contribution in [2.24, 2.45) is 0 Å². The van der Waals surface area contributed by atoms with E-state index in [0.29, 0.717) is 0 Å². The fraction of sp³-hybridized carbons (Fsp3) is 0.529. The van der Waals surface area contributed by atoms with Crippen LogP contribution in [0.25, 0.3) is 0 Å². The molecule has 0 saturated heterocycles. The fourth-order valence-electron chi connectivity index (χ4n) is 4.89. The van der Waals surface area contributed by atoms with Crippen LogP contribution < -0.4 is 4.74 Å². The van der Waals surface area contributed by atoms with Crippen molar-refractivity contribution >= 4 is 73.8 Å². The van der Waals surface area contributed by atoms with E-state index in [1.165, 1.54) is 89.3 Å². The number of benzene rings is 2. The van der Waals surface area contributed by atoms with Crippen molar-refractivity contribution in [2.45, 2.75) is 95.4 Å². The molecule has 1 heterocycles. The summed E-state index contributed by atoms with van der Waals surface area (Å²) in [6.07, 6.45) is 16.0. The van der Waals surface area contributed by atoms with Crippen LogP contribution in [0.4, 0.5) is 0 Å². The summed E-state index contributed by atoms with van der Waals surface area (Å²) >= 11 is 14.0. The molecule has 2 aromatic carbocycles. The molecule has 0 N–H and O–H groups in total. The minimum atomic E-state index is -4.27. The average Bonchev–Trinajstić information content (AvgIpc) is 3.35. The predicted molar refractivity (Wildman–Crippen MR) is 197 cm³/mol. The van der Waals surface area contributed by atoms with Crippen molar-refractivity contribution in [1.29, 1.82) is 0 Å². The molecule has 0 saturated carbocycles. The van der Waals surface area contributed by atoms with E-state index in [1.807, 2.05) is 25.1 Å². The lowest BCUT2D eigenvalue weighted by Gasteiger charge is -2.28. The van der Waals surface area contributed by atoms with Crippen molar-refractivity contribution in [3.8, 4) is 5.75 Å². The molecule has 0 aliphatic heterocycles. The molecule has 45 heavy (non-hydrogen) atoms. The van der Waals surface area contributed by atoms with Gasteiger partial charge in [-0.05, 0) is 110 Å². The Kier molecular flexibility index (Phi) is 19.2. The summed E-state index contributed by atoms with van der Waals surface area (Å²) in [5, 5.41) is 0. The Bertz CT molecular complexity index is 1350. The van der Waals surface area contributed by atoms with Gasteiger partial charge in [-0.15, -0.1) is 0 Å². The average molecular weight is 901 g/mol. The van der Waals surface area contributed by atoms with Crippen LogP contribution in [0.1, 0.15) is 88.4 Å². The Balaban J connectivity index is 0.000000537. The SMILES string of the molecule is C[N+](C)(CCCCCCCCCCCCCCOc1c(Br)cc(Br)cc1Br)Cc1ccc(Br)o1.Cc1ccc(S(=O)(=O)[O-])cc1. The second kappa shape index (κ2) is 21.3. The Morgan fingerprint density at radius 2 is 1.22 bits per heavy atom. The van der Waals surface area contributed by atoms with Crippen molar-refractivity contribution in [3.05, 3.63) is 77.9 Å². The molecule has 0 spiro atoms. The number of hydrogen-bond donors (Lipinski definition) is 0. The molecule has 6 nitrogen and oxygen atoms in total. The summed E-state index contributed by atoms with van der Waals surface area (Å²) in [7, 11) is 0.322. The van der Waals surface area contributed by atoms with Crippen molar-refractivity contribution in [2.75, 3.05) is 27.2 Å². The minimum absolute atomic E-state index is 0.178. The van der Waals surface area contributed by atoms with Crippen LogP contribution in [0.2, 0.25) is 0 Å². The molecule has 0 aliphatic carbocycles. The second-order valence-electron chi connectivity index (χ2n) is 12.1. The number of rotatable bonds is 19. The highest BCUT2D eigenvalue weighted by atomic mass is 79.9. The molecular weight excluding hydrogens is 854 g/mol. The predicted octanol–water partition coefficient (Wildman–Crippen LogP) is 11.6. The molecule has 0 radical (unpaired) electrons. The summed E-state index contributed by atoms with van der Waals surface area (Å²) in [5.74, 6) is 1.96. The van der Waals surface area contributed by atoms with Crippen LogP contribution in [0.15, 0.2) is 75.9 Å². The van der Waals surface area contributed by atoms with Crippen molar-refractivity contribution < 1.29 is 26.6 Å². The molecule has 1 aromatic heterocycles. The number of furan rings is 1. The van der Waals surface area contributed by atoms with Gasteiger partial charge in [0.1, 0.15) is 22.4 Å². The molecule has 11 heteroatoms. The summed E-state index contributed by atoms with van der Waals surface area (Å²) < 4.78 is 47.6. The lowest BCUT2D eigenvalue weighted by atomic mass is 10.0. The zero-order valence-electron chi connectivity index (χ0n) is 26.6. The van der Waals surface area contributed by atoms with E-state index in [1.54, 1.807) is 12.1 Å². The van der Waals surface area contributed by atoms with Gasteiger partial charge >= 0.3 is 0 Å². The van der Waals surface area contributed by atoms with Gasteiger partial charge in [-0.1, -0.05) is 91.4 Å². The van der Waals surface area contributed by atoms with Crippen LogP contribution in [0, 0.1) is 6.92 Å². The van der Waals surface area contributed by atoms with Crippen LogP contribution in [0.3, 0.4) is 0 Å². The van der Waals surface area contributed by atoms with Gasteiger partial charge in [-0.3, -0.25) is 0 Å². The van der Waals surface area contributed by atoms with Crippen LogP contribution in [-0.4, -0.2) is 44.7 Å². The zero-order chi connectivity index (χ0) is 33.3. The maximum absolute atomic E-state index is 10.4. The minimum Gasteiger partial charge on any atom is -0.744 e. The van der Waals surface area contributed by atoms with Gasteiger partial charge < -0.3 is 18.2 Å². The first-order valence-electron chi connectivity index (χ1n) is 15.6. The zero-order valence-corrected chi connectivity index (χ0v) is 33.8. The van der Waals surface area contributed by atoms with Gasteiger partial charge in [-0.25, -0.2) is 8.42 Å². The Labute approximate surface area is 304 Å². The normalized spacial score (nSPS) is 11.7. The molecule has 0 fully saturated rings. The largest absolute Gasteiger partial charge is 0.744 e. The lowest BCUT2D eigenvalue weighted by molar-refractivity contribution is -0.904. The summed E-state index contributed by atoms with van der Waals surface area (Å²) in [5.41, 5.74) is 0.928. The van der Waals surface area contributed by atoms with Crippen molar-refractivity contribution in [3.63, 3.8) is 0 Å². The number of halogens is 4.